The number of hydrogen-bond donors (Lipinski definition) is 1. The molecule has 0 amide bonds. The third-order valence-electron chi connectivity index (χ3n) is 1.91. The first-order chi connectivity index (χ1) is 7.90. The van der Waals surface area contributed by atoms with Crippen LogP contribution in [-0.2, 0) is 11.2 Å². The summed E-state index contributed by atoms with van der Waals surface area (Å²) in [6, 6.07) is 4.81. The normalized spacial score (nSPS) is 9.82. The molecule has 92 valence electrons. The van der Waals surface area contributed by atoms with Gasteiger partial charge >= 0.3 is 5.97 Å². The lowest BCUT2D eigenvalue weighted by Gasteiger charge is -2.15. The highest BCUT2D eigenvalue weighted by atomic mass is 35.5. The number of aliphatic carboxylic acids is 1. The first-order valence-electron chi connectivity index (χ1n) is 4.79. The molecule has 0 fully saturated rings. The first-order valence-corrected chi connectivity index (χ1v) is 5.58. The molecule has 0 radical (unpaired) electrons. The Kier molecular flexibility index (Phi) is 4.72. The van der Waals surface area contributed by atoms with Crippen molar-refractivity contribution in [2.75, 3.05) is 14.1 Å². The Balaban J connectivity index is 2.83. The van der Waals surface area contributed by atoms with Gasteiger partial charge in [0, 0.05) is 14.1 Å². The van der Waals surface area contributed by atoms with Crippen molar-refractivity contribution in [1.82, 2.24) is 4.90 Å². The van der Waals surface area contributed by atoms with Crippen LogP contribution in [0.2, 0.25) is 5.02 Å². The van der Waals surface area contributed by atoms with Crippen molar-refractivity contribution < 1.29 is 14.6 Å². The van der Waals surface area contributed by atoms with Gasteiger partial charge in [0.25, 0.3) is 5.17 Å². The molecule has 17 heavy (non-hydrogen) atoms. The molecule has 0 spiro atoms. The van der Waals surface area contributed by atoms with E-state index < -0.39 is 5.97 Å². The third kappa shape index (κ3) is 4.20. The molecule has 1 rings (SSSR count). The second-order valence-corrected chi connectivity index (χ2v) is 4.35. The third-order valence-corrected chi connectivity index (χ3v) is 2.66. The molecule has 0 saturated heterocycles. The number of carbonyl (C=O) groups is 1. The highest BCUT2D eigenvalue weighted by molar-refractivity contribution is 7.80. The fourth-order valence-corrected chi connectivity index (χ4v) is 1.43. The molecule has 0 aliphatic heterocycles. The average Bonchev–Trinajstić information content (AvgIpc) is 2.20. The van der Waals surface area contributed by atoms with Crippen LogP contribution in [0.3, 0.4) is 0 Å². The highest BCUT2D eigenvalue weighted by Gasteiger charge is 2.09. The fourth-order valence-electron chi connectivity index (χ4n) is 1.10. The minimum absolute atomic E-state index is 0.0713. The zero-order valence-corrected chi connectivity index (χ0v) is 11.0. The maximum absolute atomic E-state index is 10.5. The average molecular weight is 274 g/mol. The number of hydrogen-bond acceptors (Lipinski definition) is 3. The van der Waals surface area contributed by atoms with Gasteiger partial charge in [-0.05, 0) is 29.9 Å². The molecule has 0 heterocycles. The Morgan fingerprint density at radius 1 is 1.53 bits per heavy atom. The molecule has 1 N–H and O–H groups in total. The largest absolute Gasteiger partial charge is 0.481 e. The second kappa shape index (κ2) is 5.84. The number of benzene rings is 1. The molecule has 0 aliphatic rings. The standard InChI is InChI=1S/C11H12ClNO3S/c1-13(2)11(17)16-9-4-3-7(5-8(9)12)6-10(14)15/h3-5H,6H2,1-2H3,(H,14,15). The minimum atomic E-state index is -0.904. The Labute approximate surface area is 110 Å². The molecule has 0 aromatic heterocycles. The van der Waals surface area contributed by atoms with E-state index in [0.29, 0.717) is 16.3 Å². The quantitative estimate of drug-likeness (QED) is 0.856. The monoisotopic (exact) mass is 273 g/mol. The lowest BCUT2D eigenvalue weighted by Crippen LogP contribution is -2.25. The number of nitrogens with zero attached hydrogens (tertiary/aromatic N) is 1. The van der Waals surface area contributed by atoms with E-state index in [0.717, 1.165) is 0 Å². The summed E-state index contributed by atoms with van der Waals surface area (Å²) in [6.07, 6.45) is -0.0713. The van der Waals surface area contributed by atoms with E-state index in [-0.39, 0.29) is 11.6 Å². The lowest BCUT2D eigenvalue weighted by molar-refractivity contribution is -0.136. The van der Waals surface area contributed by atoms with Crippen LogP contribution in [0.4, 0.5) is 0 Å². The van der Waals surface area contributed by atoms with E-state index in [1.165, 1.54) is 0 Å². The number of ether oxygens (including phenoxy) is 1. The van der Waals surface area contributed by atoms with E-state index in [4.69, 9.17) is 33.7 Å². The lowest BCUT2D eigenvalue weighted by atomic mass is 10.1. The van der Waals surface area contributed by atoms with E-state index >= 15 is 0 Å². The summed E-state index contributed by atoms with van der Waals surface area (Å²) in [7, 11) is 3.52. The number of carboxylic acid groups (broad SMARTS) is 1. The second-order valence-electron chi connectivity index (χ2n) is 3.60. The topological polar surface area (TPSA) is 49.8 Å². The number of carboxylic acids is 1. The Morgan fingerprint density at radius 2 is 2.18 bits per heavy atom. The van der Waals surface area contributed by atoms with Gasteiger partial charge in [-0.15, -0.1) is 0 Å². The Morgan fingerprint density at radius 3 is 2.65 bits per heavy atom. The number of halogens is 1. The molecule has 1 aromatic carbocycles. The van der Waals surface area contributed by atoms with Crippen LogP contribution in [0.15, 0.2) is 18.2 Å². The zero-order chi connectivity index (χ0) is 13.0. The summed E-state index contributed by atoms with van der Waals surface area (Å²) in [5.41, 5.74) is 0.616. The molecule has 0 aliphatic carbocycles. The molecular formula is C11H12ClNO3S. The number of rotatable bonds is 3. The fraction of sp³-hybridized carbons (Fsp3) is 0.273. The molecule has 6 heteroatoms. The SMILES string of the molecule is CN(C)C(=S)Oc1ccc(CC(=O)O)cc1Cl. The first kappa shape index (κ1) is 13.7. The highest BCUT2D eigenvalue weighted by Crippen LogP contribution is 2.26. The Bertz CT molecular complexity index is 448. The van der Waals surface area contributed by atoms with Crippen LogP contribution in [0, 0.1) is 0 Å². The van der Waals surface area contributed by atoms with Gasteiger partial charge in [-0.1, -0.05) is 17.7 Å². The smallest absolute Gasteiger partial charge is 0.307 e. The van der Waals surface area contributed by atoms with Crippen molar-refractivity contribution in [2.45, 2.75) is 6.42 Å². The van der Waals surface area contributed by atoms with Crippen molar-refractivity contribution in [3.8, 4) is 5.75 Å². The van der Waals surface area contributed by atoms with Crippen LogP contribution in [0.5, 0.6) is 5.75 Å². The van der Waals surface area contributed by atoms with Gasteiger partial charge in [-0.25, -0.2) is 0 Å². The van der Waals surface area contributed by atoms with E-state index in [1.54, 1.807) is 37.2 Å². The summed E-state index contributed by atoms with van der Waals surface area (Å²) in [4.78, 5) is 12.2. The van der Waals surface area contributed by atoms with Crippen LogP contribution < -0.4 is 4.74 Å². The maximum atomic E-state index is 10.5. The molecule has 0 atom stereocenters. The zero-order valence-electron chi connectivity index (χ0n) is 9.44. The minimum Gasteiger partial charge on any atom is -0.481 e. The Hall–Kier alpha value is -1.33. The van der Waals surface area contributed by atoms with Crippen LogP contribution in [-0.4, -0.2) is 35.2 Å². The van der Waals surface area contributed by atoms with E-state index in [9.17, 15) is 4.79 Å². The summed E-state index contributed by atoms with van der Waals surface area (Å²) in [6.45, 7) is 0. The van der Waals surface area contributed by atoms with Crippen LogP contribution >= 0.6 is 23.8 Å². The predicted molar refractivity (Wildman–Crippen MR) is 69.7 cm³/mol. The van der Waals surface area contributed by atoms with Crippen LogP contribution in [0.25, 0.3) is 0 Å². The summed E-state index contributed by atoms with van der Waals surface area (Å²) < 4.78 is 5.34. The van der Waals surface area contributed by atoms with Crippen molar-refractivity contribution in [3.63, 3.8) is 0 Å². The van der Waals surface area contributed by atoms with Crippen molar-refractivity contribution in [3.05, 3.63) is 28.8 Å². The molecule has 0 bridgehead atoms. The molecule has 4 nitrogen and oxygen atoms in total. The van der Waals surface area contributed by atoms with Gasteiger partial charge in [0.2, 0.25) is 0 Å². The predicted octanol–water partition coefficient (Wildman–Crippen LogP) is 2.19. The number of thiocarbonyl (C=S) groups is 1. The van der Waals surface area contributed by atoms with Gasteiger partial charge in [-0.2, -0.15) is 0 Å². The van der Waals surface area contributed by atoms with Gasteiger partial charge in [-0.3, -0.25) is 4.79 Å². The van der Waals surface area contributed by atoms with E-state index in [2.05, 4.69) is 0 Å². The summed E-state index contributed by atoms with van der Waals surface area (Å²) >= 11 is 10.9. The van der Waals surface area contributed by atoms with Crippen molar-refractivity contribution >= 4 is 35.0 Å². The maximum Gasteiger partial charge on any atom is 0.307 e. The van der Waals surface area contributed by atoms with Gasteiger partial charge < -0.3 is 14.7 Å². The summed E-state index contributed by atoms with van der Waals surface area (Å²) in [5.74, 6) is -0.488. The molecule has 0 unspecified atom stereocenters. The van der Waals surface area contributed by atoms with Gasteiger partial charge in [0.1, 0.15) is 5.75 Å². The molecular weight excluding hydrogens is 262 g/mol. The van der Waals surface area contributed by atoms with Gasteiger partial charge in [0.05, 0.1) is 11.4 Å². The van der Waals surface area contributed by atoms with Crippen molar-refractivity contribution in [2.24, 2.45) is 0 Å². The van der Waals surface area contributed by atoms with Crippen molar-refractivity contribution in [1.29, 1.82) is 0 Å². The molecule has 0 saturated carbocycles. The van der Waals surface area contributed by atoms with E-state index in [1.807, 2.05) is 0 Å². The van der Waals surface area contributed by atoms with Crippen LogP contribution in [0.1, 0.15) is 5.56 Å². The summed E-state index contributed by atoms with van der Waals surface area (Å²) in [5, 5.41) is 9.27. The molecule has 1 aromatic rings. The van der Waals surface area contributed by atoms with Gasteiger partial charge in [0.15, 0.2) is 0 Å².